The van der Waals surface area contributed by atoms with Crippen molar-refractivity contribution >= 4 is 22.7 Å². The van der Waals surface area contributed by atoms with Crippen LogP contribution in [-0.2, 0) is 4.79 Å². The number of hydrogen-bond donors (Lipinski definition) is 2. The Morgan fingerprint density at radius 3 is 3.29 bits per heavy atom. The molecule has 0 spiro atoms. The number of anilines is 1. The minimum Gasteiger partial charge on any atom is -0.464 e. The van der Waals surface area contributed by atoms with Crippen LogP contribution in [0.1, 0.15) is 12.8 Å². The van der Waals surface area contributed by atoms with Gasteiger partial charge in [-0.25, -0.2) is 4.98 Å². The van der Waals surface area contributed by atoms with Crippen LogP contribution in [0.4, 0.5) is 5.82 Å². The molecule has 0 aliphatic carbocycles. The highest BCUT2D eigenvalue weighted by Gasteiger charge is 2.20. The molecule has 0 radical (unpaired) electrons. The molecule has 3 heterocycles. The molecule has 1 aliphatic rings. The van der Waals surface area contributed by atoms with E-state index >= 15 is 0 Å². The minimum atomic E-state index is 0.131. The number of rotatable bonds is 3. The number of hydrogen-bond acceptors (Lipinski definition) is 4. The van der Waals surface area contributed by atoms with Gasteiger partial charge in [-0.15, -0.1) is 0 Å². The molecule has 1 unspecified atom stereocenters. The number of carbonyl (C=O) groups is 1. The first-order chi connectivity index (χ1) is 8.33. The lowest BCUT2D eigenvalue weighted by atomic mass is 10.2. The van der Waals surface area contributed by atoms with Crippen molar-refractivity contribution in [3.05, 3.63) is 24.6 Å². The van der Waals surface area contributed by atoms with E-state index in [1.807, 2.05) is 12.1 Å². The molecule has 2 aromatic rings. The fourth-order valence-electron chi connectivity index (χ4n) is 2.09. The molecule has 1 atom stereocenters. The van der Waals surface area contributed by atoms with Crippen molar-refractivity contribution in [2.75, 3.05) is 11.9 Å². The van der Waals surface area contributed by atoms with Crippen molar-refractivity contribution < 1.29 is 9.21 Å². The van der Waals surface area contributed by atoms with Gasteiger partial charge in [0.1, 0.15) is 11.4 Å². The first-order valence-electron chi connectivity index (χ1n) is 5.68. The molecule has 0 bridgehead atoms. The number of nitrogens with zero attached hydrogens (tertiary/aromatic N) is 1. The molecule has 1 fully saturated rings. The van der Waals surface area contributed by atoms with Crippen molar-refractivity contribution in [3.8, 4) is 0 Å². The van der Waals surface area contributed by atoms with Crippen LogP contribution in [0.15, 0.2) is 29.0 Å². The summed E-state index contributed by atoms with van der Waals surface area (Å²) in [5, 5.41) is 7.13. The van der Waals surface area contributed by atoms with Crippen LogP contribution >= 0.6 is 0 Å². The van der Waals surface area contributed by atoms with E-state index in [4.69, 9.17) is 4.42 Å². The van der Waals surface area contributed by atoms with Gasteiger partial charge in [-0.3, -0.25) is 4.79 Å². The van der Waals surface area contributed by atoms with Crippen molar-refractivity contribution in [3.63, 3.8) is 0 Å². The largest absolute Gasteiger partial charge is 0.464 e. The number of furan rings is 1. The monoisotopic (exact) mass is 231 g/mol. The van der Waals surface area contributed by atoms with E-state index in [9.17, 15) is 4.79 Å². The van der Waals surface area contributed by atoms with Gasteiger partial charge in [0.25, 0.3) is 0 Å². The van der Waals surface area contributed by atoms with Crippen molar-refractivity contribution in [1.29, 1.82) is 0 Å². The van der Waals surface area contributed by atoms with E-state index in [2.05, 4.69) is 15.6 Å². The lowest BCUT2D eigenvalue weighted by molar-refractivity contribution is -0.119. The third kappa shape index (κ3) is 1.95. The van der Waals surface area contributed by atoms with Gasteiger partial charge < -0.3 is 15.1 Å². The zero-order valence-electron chi connectivity index (χ0n) is 9.27. The first-order valence-corrected chi connectivity index (χ1v) is 5.68. The molecule has 3 rings (SSSR count). The SMILES string of the molecule is O=C1CCC(CNc2nccc3occc23)N1. The molecule has 1 aliphatic heterocycles. The summed E-state index contributed by atoms with van der Waals surface area (Å²) in [5.41, 5.74) is 0.818. The van der Waals surface area contributed by atoms with Crippen LogP contribution in [0.3, 0.4) is 0 Å². The van der Waals surface area contributed by atoms with Gasteiger partial charge in [-0.05, 0) is 18.6 Å². The summed E-state index contributed by atoms with van der Waals surface area (Å²) in [7, 11) is 0. The standard InChI is InChI=1S/C12H13N3O2/c16-11-2-1-8(15-11)7-14-12-9-4-6-17-10(9)3-5-13-12/h3-6,8H,1-2,7H2,(H,13,14)(H,15,16). The van der Waals surface area contributed by atoms with E-state index in [1.165, 1.54) is 0 Å². The molecular weight excluding hydrogens is 218 g/mol. The third-order valence-corrected chi connectivity index (χ3v) is 2.98. The summed E-state index contributed by atoms with van der Waals surface area (Å²) in [6, 6.07) is 3.92. The summed E-state index contributed by atoms with van der Waals surface area (Å²) >= 11 is 0. The van der Waals surface area contributed by atoms with Gasteiger partial charge >= 0.3 is 0 Å². The summed E-state index contributed by atoms with van der Waals surface area (Å²) < 4.78 is 5.30. The Bertz CT molecular complexity index is 549. The number of fused-ring (bicyclic) bond motifs is 1. The zero-order valence-corrected chi connectivity index (χ0v) is 9.27. The summed E-state index contributed by atoms with van der Waals surface area (Å²) in [4.78, 5) is 15.3. The molecule has 88 valence electrons. The van der Waals surface area contributed by atoms with Gasteiger partial charge in [-0.1, -0.05) is 0 Å². The van der Waals surface area contributed by atoms with Gasteiger partial charge in [0, 0.05) is 25.2 Å². The maximum Gasteiger partial charge on any atom is 0.220 e. The average Bonchev–Trinajstić information content (AvgIpc) is 2.94. The fourth-order valence-corrected chi connectivity index (χ4v) is 2.09. The highest BCUT2D eigenvalue weighted by molar-refractivity contribution is 5.87. The number of amides is 1. The van der Waals surface area contributed by atoms with Gasteiger partial charge in [0.15, 0.2) is 0 Å². The molecule has 0 aromatic carbocycles. The van der Waals surface area contributed by atoms with E-state index in [0.717, 1.165) is 23.2 Å². The van der Waals surface area contributed by atoms with Crippen LogP contribution < -0.4 is 10.6 Å². The summed E-state index contributed by atoms with van der Waals surface area (Å²) in [6.07, 6.45) is 4.86. The number of aromatic nitrogens is 1. The molecular formula is C12H13N3O2. The highest BCUT2D eigenvalue weighted by atomic mass is 16.3. The molecule has 1 saturated heterocycles. The Kier molecular flexibility index (Phi) is 2.44. The Labute approximate surface area is 98.2 Å². The maximum absolute atomic E-state index is 11.1. The van der Waals surface area contributed by atoms with Crippen LogP contribution in [0.25, 0.3) is 11.0 Å². The molecule has 0 saturated carbocycles. The Hall–Kier alpha value is -2.04. The second-order valence-electron chi connectivity index (χ2n) is 4.18. The lowest BCUT2D eigenvalue weighted by Gasteiger charge is -2.11. The second kappa shape index (κ2) is 4.08. The van der Waals surface area contributed by atoms with Crippen LogP contribution in [0.2, 0.25) is 0 Å². The summed E-state index contributed by atoms with van der Waals surface area (Å²) in [5.74, 6) is 0.934. The van der Waals surface area contributed by atoms with E-state index in [-0.39, 0.29) is 11.9 Å². The van der Waals surface area contributed by atoms with E-state index < -0.39 is 0 Å². The smallest absolute Gasteiger partial charge is 0.220 e. The number of pyridine rings is 1. The number of nitrogens with one attached hydrogen (secondary N) is 2. The third-order valence-electron chi connectivity index (χ3n) is 2.98. The normalized spacial score (nSPS) is 19.5. The van der Waals surface area contributed by atoms with E-state index in [1.54, 1.807) is 12.5 Å². The molecule has 2 N–H and O–H groups in total. The summed E-state index contributed by atoms with van der Waals surface area (Å²) in [6.45, 7) is 0.697. The van der Waals surface area contributed by atoms with Gasteiger partial charge in [0.2, 0.25) is 5.91 Å². The first kappa shape index (κ1) is 10.1. The average molecular weight is 231 g/mol. The van der Waals surface area contributed by atoms with Crippen molar-refractivity contribution in [2.45, 2.75) is 18.9 Å². The van der Waals surface area contributed by atoms with Gasteiger partial charge in [0.05, 0.1) is 11.6 Å². The van der Waals surface area contributed by atoms with Gasteiger partial charge in [-0.2, -0.15) is 0 Å². The molecule has 5 nitrogen and oxygen atoms in total. The molecule has 2 aromatic heterocycles. The molecule has 17 heavy (non-hydrogen) atoms. The Morgan fingerprint density at radius 1 is 1.53 bits per heavy atom. The fraction of sp³-hybridized carbons (Fsp3) is 0.333. The van der Waals surface area contributed by atoms with Crippen LogP contribution in [0.5, 0.6) is 0 Å². The maximum atomic E-state index is 11.1. The minimum absolute atomic E-state index is 0.131. The van der Waals surface area contributed by atoms with E-state index in [0.29, 0.717) is 13.0 Å². The predicted octanol–water partition coefficient (Wildman–Crippen LogP) is 1.52. The molecule has 5 heteroatoms. The predicted molar refractivity (Wildman–Crippen MR) is 63.7 cm³/mol. The van der Waals surface area contributed by atoms with Crippen LogP contribution in [0, 0.1) is 0 Å². The zero-order chi connectivity index (χ0) is 11.7. The lowest BCUT2D eigenvalue weighted by Crippen LogP contribution is -2.31. The van der Waals surface area contributed by atoms with Crippen molar-refractivity contribution in [2.24, 2.45) is 0 Å². The Balaban J connectivity index is 1.72. The Morgan fingerprint density at radius 2 is 2.47 bits per heavy atom. The number of carbonyl (C=O) groups excluding carboxylic acids is 1. The highest BCUT2D eigenvalue weighted by Crippen LogP contribution is 2.21. The van der Waals surface area contributed by atoms with Crippen LogP contribution in [-0.4, -0.2) is 23.5 Å². The molecule has 1 amide bonds. The quantitative estimate of drug-likeness (QED) is 0.840. The topological polar surface area (TPSA) is 67.2 Å². The second-order valence-corrected chi connectivity index (χ2v) is 4.18. The van der Waals surface area contributed by atoms with Crippen molar-refractivity contribution in [1.82, 2.24) is 10.3 Å².